The van der Waals surface area contributed by atoms with Crippen LogP contribution in [0.3, 0.4) is 0 Å². The van der Waals surface area contributed by atoms with Gasteiger partial charge in [-0.05, 0) is 23.3 Å². The Morgan fingerprint density at radius 1 is 1.12 bits per heavy atom. The fraction of sp³-hybridized carbons (Fsp3) is 0.0769. The molecule has 1 N–H and O–H groups in total. The summed E-state index contributed by atoms with van der Waals surface area (Å²) in [7, 11) is 0. The third-order valence-electron chi connectivity index (χ3n) is 2.76. The highest BCUT2D eigenvalue weighted by molar-refractivity contribution is 6.03. The zero-order chi connectivity index (χ0) is 11.0. The summed E-state index contributed by atoms with van der Waals surface area (Å²) in [6.45, 7) is 0. The average molecular weight is 210 g/mol. The van der Waals surface area contributed by atoms with E-state index in [1.807, 2.05) is 30.3 Å². The van der Waals surface area contributed by atoms with Gasteiger partial charge in [0.1, 0.15) is 0 Å². The molecule has 16 heavy (non-hydrogen) atoms. The highest BCUT2D eigenvalue weighted by Gasteiger charge is 2.20. The number of pyridine rings is 1. The van der Waals surface area contributed by atoms with Crippen LogP contribution in [0.5, 0.6) is 0 Å². The molecule has 1 aliphatic heterocycles. The monoisotopic (exact) mass is 210 g/mol. The highest BCUT2D eigenvalue weighted by Crippen LogP contribution is 2.34. The molecule has 3 nitrogen and oxygen atoms in total. The topological polar surface area (TPSA) is 42.0 Å². The largest absolute Gasteiger partial charge is 0.325 e. The molecule has 0 saturated heterocycles. The zero-order valence-electron chi connectivity index (χ0n) is 8.60. The van der Waals surface area contributed by atoms with Crippen LogP contribution < -0.4 is 5.32 Å². The molecule has 1 aliphatic rings. The molecular formula is C13H10N2O. The van der Waals surface area contributed by atoms with Gasteiger partial charge in [0.2, 0.25) is 5.91 Å². The normalized spacial score (nSPS) is 13.4. The van der Waals surface area contributed by atoms with Gasteiger partial charge in [-0.1, -0.05) is 18.2 Å². The van der Waals surface area contributed by atoms with E-state index in [0.29, 0.717) is 6.42 Å². The van der Waals surface area contributed by atoms with Gasteiger partial charge in [0.25, 0.3) is 0 Å². The Balaban J connectivity index is 2.17. The number of rotatable bonds is 1. The minimum Gasteiger partial charge on any atom is -0.325 e. The number of hydrogen-bond acceptors (Lipinski definition) is 2. The maximum absolute atomic E-state index is 11.4. The standard InChI is InChI=1S/C13H10N2O/c16-12-8-10-2-1-3-11(13(10)15-12)9-4-6-14-7-5-9/h1-7H,8H2,(H,15,16). The van der Waals surface area contributed by atoms with Crippen LogP contribution in [-0.4, -0.2) is 10.9 Å². The van der Waals surface area contributed by atoms with Crippen LogP contribution in [-0.2, 0) is 11.2 Å². The lowest BCUT2D eigenvalue weighted by atomic mass is 10.0. The van der Waals surface area contributed by atoms with Crippen molar-refractivity contribution in [3.63, 3.8) is 0 Å². The lowest BCUT2D eigenvalue weighted by molar-refractivity contribution is -0.115. The summed E-state index contributed by atoms with van der Waals surface area (Å²) in [6, 6.07) is 9.87. The molecule has 1 amide bonds. The number of benzene rings is 1. The molecule has 0 spiro atoms. The van der Waals surface area contributed by atoms with E-state index < -0.39 is 0 Å². The van der Waals surface area contributed by atoms with Crippen LogP contribution in [0.1, 0.15) is 5.56 Å². The smallest absolute Gasteiger partial charge is 0.228 e. The van der Waals surface area contributed by atoms with Gasteiger partial charge in [-0.2, -0.15) is 0 Å². The van der Waals surface area contributed by atoms with Gasteiger partial charge >= 0.3 is 0 Å². The van der Waals surface area contributed by atoms with E-state index in [1.165, 1.54) is 0 Å². The lowest BCUT2D eigenvalue weighted by Gasteiger charge is -2.07. The van der Waals surface area contributed by atoms with Crippen molar-refractivity contribution in [2.24, 2.45) is 0 Å². The van der Waals surface area contributed by atoms with Gasteiger partial charge < -0.3 is 5.32 Å². The summed E-state index contributed by atoms with van der Waals surface area (Å²) in [5, 5.41) is 2.91. The van der Waals surface area contributed by atoms with Crippen molar-refractivity contribution >= 4 is 11.6 Å². The molecule has 1 aromatic carbocycles. The molecule has 2 aromatic rings. The first-order valence-corrected chi connectivity index (χ1v) is 5.17. The molecule has 2 heterocycles. The van der Waals surface area contributed by atoms with Crippen LogP contribution in [0.25, 0.3) is 11.1 Å². The van der Waals surface area contributed by atoms with Crippen LogP contribution >= 0.6 is 0 Å². The Bertz CT molecular complexity index is 549. The number of nitrogens with zero attached hydrogens (tertiary/aromatic N) is 1. The molecule has 0 fully saturated rings. The number of hydrogen-bond donors (Lipinski definition) is 1. The van der Waals surface area contributed by atoms with Gasteiger partial charge in [-0.3, -0.25) is 9.78 Å². The van der Waals surface area contributed by atoms with Crippen molar-refractivity contribution in [1.82, 2.24) is 4.98 Å². The Hall–Kier alpha value is -2.16. The molecule has 3 heteroatoms. The maximum Gasteiger partial charge on any atom is 0.228 e. The predicted molar refractivity (Wildman–Crippen MR) is 62.0 cm³/mol. The van der Waals surface area contributed by atoms with Gasteiger partial charge in [-0.25, -0.2) is 0 Å². The van der Waals surface area contributed by atoms with Gasteiger partial charge in [-0.15, -0.1) is 0 Å². The Labute approximate surface area is 93.1 Å². The number of anilines is 1. The third kappa shape index (κ3) is 1.37. The summed E-state index contributed by atoms with van der Waals surface area (Å²) in [6.07, 6.45) is 3.99. The Morgan fingerprint density at radius 3 is 2.75 bits per heavy atom. The molecule has 78 valence electrons. The van der Waals surface area contributed by atoms with E-state index in [4.69, 9.17) is 0 Å². The summed E-state index contributed by atoms with van der Waals surface area (Å²) >= 11 is 0. The van der Waals surface area contributed by atoms with Crippen LogP contribution in [0, 0.1) is 0 Å². The van der Waals surface area contributed by atoms with E-state index in [-0.39, 0.29) is 5.91 Å². The third-order valence-corrected chi connectivity index (χ3v) is 2.76. The predicted octanol–water partition coefficient (Wildman–Crippen LogP) is 2.24. The number of nitrogens with one attached hydrogen (secondary N) is 1. The second kappa shape index (κ2) is 3.45. The summed E-state index contributed by atoms with van der Waals surface area (Å²) in [4.78, 5) is 15.4. The van der Waals surface area contributed by atoms with Crippen molar-refractivity contribution in [1.29, 1.82) is 0 Å². The minimum atomic E-state index is 0.0662. The number of amides is 1. The van der Waals surface area contributed by atoms with E-state index in [0.717, 1.165) is 22.4 Å². The number of carbonyl (C=O) groups is 1. The van der Waals surface area contributed by atoms with Crippen molar-refractivity contribution < 1.29 is 4.79 Å². The van der Waals surface area contributed by atoms with Crippen LogP contribution in [0.4, 0.5) is 5.69 Å². The molecule has 3 rings (SSSR count). The molecule has 0 bridgehead atoms. The maximum atomic E-state index is 11.4. The molecule has 0 saturated carbocycles. The van der Waals surface area contributed by atoms with Crippen molar-refractivity contribution in [3.8, 4) is 11.1 Å². The molecule has 0 atom stereocenters. The summed E-state index contributed by atoms with van der Waals surface area (Å²) < 4.78 is 0. The fourth-order valence-corrected chi connectivity index (χ4v) is 2.02. The number of para-hydroxylation sites is 1. The van der Waals surface area contributed by atoms with Crippen LogP contribution in [0.15, 0.2) is 42.7 Å². The number of aromatic nitrogens is 1. The second-order valence-corrected chi connectivity index (χ2v) is 3.80. The molecular weight excluding hydrogens is 200 g/mol. The van der Waals surface area contributed by atoms with E-state index in [1.54, 1.807) is 12.4 Å². The molecule has 0 unspecified atom stereocenters. The van der Waals surface area contributed by atoms with Gasteiger partial charge in [0.15, 0.2) is 0 Å². The minimum absolute atomic E-state index is 0.0662. The van der Waals surface area contributed by atoms with E-state index in [2.05, 4.69) is 10.3 Å². The van der Waals surface area contributed by atoms with Crippen molar-refractivity contribution in [2.45, 2.75) is 6.42 Å². The van der Waals surface area contributed by atoms with Crippen molar-refractivity contribution in [2.75, 3.05) is 5.32 Å². The number of fused-ring (bicyclic) bond motifs is 1. The van der Waals surface area contributed by atoms with Gasteiger partial charge in [0.05, 0.1) is 12.1 Å². The van der Waals surface area contributed by atoms with E-state index in [9.17, 15) is 4.79 Å². The first-order chi connectivity index (χ1) is 7.84. The number of carbonyl (C=O) groups excluding carboxylic acids is 1. The fourth-order valence-electron chi connectivity index (χ4n) is 2.02. The Kier molecular flexibility index (Phi) is 1.96. The lowest BCUT2D eigenvalue weighted by Crippen LogP contribution is -2.04. The highest BCUT2D eigenvalue weighted by atomic mass is 16.1. The average Bonchev–Trinajstić information content (AvgIpc) is 2.70. The quantitative estimate of drug-likeness (QED) is 0.784. The molecule has 0 radical (unpaired) electrons. The van der Waals surface area contributed by atoms with Crippen LogP contribution in [0.2, 0.25) is 0 Å². The SMILES string of the molecule is O=C1Cc2cccc(-c3ccncc3)c2N1. The molecule has 1 aromatic heterocycles. The van der Waals surface area contributed by atoms with Gasteiger partial charge in [0, 0.05) is 18.0 Å². The first kappa shape index (κ1) is 9.09. The Morgan fingerprint density at radius 2 is 1.94 bits per heavy atom. The van der Waals surface area contributed by atoms with Crippen molar-refractivity contribution in [3.05, 3.63) is 48.3 Å². The summed E-state index contributed by atoms with van der Waals surface area (Å²) in [5.41, 5.74) is 4.15. The zero-order valence-corrected chi connectivity index (χ0v) is 8.60. The second-order valence-electron chi connectivity index (χ2n) is 3.80. The first-order valence-electron chi connectivity index (χ1n) is 5.17. The van der Waals surface area contributed by atoms with E-state index >= 15 is 0 Å². The molecule has 0 aliphatic carbocycles. The summed E-state index contributed by atoms with van der Waals surface area (Å²) in [5.74, 6) is 0.0662.